The van der Waals surface area contributed by atoms with Crippen molar-refractivity contribution in [3.8, 4) is 0 Å². The van der Waals surface area contributed by atoms with E-state index in [0.29, 0.717) is 5.95 Å². The normalized spacial score (nSPS) is 20.3. The highest BCUT2D eigenvalue weighted by Gasteiger charge is 2.24. The van der Waals surface area contributed by atoms with E-state index < -0.39 is 9.84 Å². The first-order valence-corrected chi connectivity index (χ1v) is 7.89. The summed E-state index contributed by atoms with van der Waals surface area (Å²) >= 11 is 0. The fourth-order valence-electron chi connectivity index (χ4n) is 2.20. The van der Waals surface area contributed by atoms with Gasteiger partial charge < -0.3 is 4.98 Å². The summed E-state index contributed by atoms with van der Waals surface area (Å²) in [6.07, 6.45) is 1.69. The number of hydrogen-bond acceptors (Lipinski definition) is 4. The van der Waals surface area contributed by atoms with Gasteiger partial charge in [-0.15, -0.1) is 0 Å². The third-order valence-corrected chi connectivity index (χ3v) is 4.56. The molecule has 0 fully saturated rings. The maximum absolute atomic E-state index is 11.9. The molecule has 0 saturated heterocycles. The number of carbonyl (C=O) groups excluding carboxylic acids is 1. The van der Waals surface area contributed by atoms with Crippen LogP contribution in [0.1, 0.15) is 6.42 Å². The lowest BCUT2D eigenvalue weighted by molar-refractivity contribution is -0.116. The zero-order valence-electron chi connectivity index (χ0n) is 10.5. The summed E-state index contributed by atoms with van der Waals surface area (Å²) in [6, 6.07) is 7.45. The van der Waals surface area contributed by atoms with E-state index in [1.54, 1.807) is 6.08 Å². The van der Waals surface area contributed by atoms with Gasteiger partial charge >= 0.3 is 0 Å². The Bertz CT molecular complexity index is 759. The molecule has 2 heterocycles. The number of carbonyl (C=O) groups is 1. The van der Waals surface area contributed by atoms with Gasteiger partial charge in [0.2, 0.25) is 11.9 Å². The topological polar surface area (TPSA) is 91.9 Å². The van der Waals surface area contributed by atoms with Crippen molar-refractivity contribution in [3.63, 3.8) is 0 Å². The molecule has 1 aromatic carbocycles. The van der Waals surface area contributed by atoms with Gasteiger partial charge in [0.25, 0.3) is 0 Å². The van der Waals surface area contributed by atoms with E-state index in [4.69, 9.17) is 0 Å². The Morgan fingerprint density at radius 1 is 1.40 bits per heavy atom. The number of sulfone groups is 1. The second kappa shape index (κ2) is 4.75. The molecular formula is C13H13N3O3S. The number of fused-ring (bicyclic) bond motifs is 1. The molecule has 1 aliphatic heterocycles. The van der Waals surface area contributed by atoms with Gasteiger partial charge in [-0.25, -0.2) is 13.4 Å². The molecule has 0 saturated carbocycles. The Balaban J connectivity index is 1.66. The predicted octanol–water partition coefficient (Wildman–Crippen LogP) is 1.45. The fraction of sp³-hybridized carbons (Fsp3) is 0.231. The van der Waals surface area contributed by atoms with Crippen molar-refractivity contribution in [2.24, 2.45) is 5.92 Å². The molecule has 1 aromatic heterocycles. The van der Waals surface area contributed by atoms with Crippen LogP contribution in [0.5, 0.6) is 0 Å². The van der Waals surface area contributed by atoms with Gasteiger partial charge in [-0.2, -0.15) is 0 Å². The molecule has 0 radical (unpaired) electrons. The molecular weight excluding hydrogens is 278 g/mol. The minimum absolute atomic E-state index is 0.000546. The van der Waals surface area contributed by atoms with Crippen LogP contribution in [-0.4, -0.2) is 30.0 Å². The molecule has 0 spiro atoms. The number of aromatic amines is 1. The monoisotopic (exact) mass is 291 g/mol. The number of aromatic nitrogens is 2. The number of anilines is 1. The van der Waals surface area contributed by atoms with E-state index in [1.807, 2.05) is 24.3 Å². The number of nitrogens with one attached hydrogen (secondary N) is 2. The molecule has 1 atom stereocenters. The van der Waals surface area contributed by atoms with Gasteiger partial charge in [-0.1, -0.05) is 18.2 Å². The van der Waals surface area contributed by atoms with E-state index >= 15 is 0 Å². The molecule has 7 heteroatoms. The van der Waals surface area contributed by atoms with Gasteiger partial charge in [-0.05, 0) is 12.1 Å². The van der Waals surface area contributed by atoms with Crippen molar-refractivity contribution in [2.75, 3.05) is 11.1 Å². The van der Waals surface area contributed by atoms with E-state index in [-0.39, 0.29) is 24.0 Å². The summed E-state index contributed by atoms with van der Waals surface area (Å²) in [5, 5.41) is 3.82. The van der Waals surface area contributed by atoms with Crippen molar-refractivity contribution in [1.82, 2.24) is 9.97 Å². The van der Waals surface area contributed by atoms with Crippen molar-refractivity contribution in [2.45, 2.75) is 6.42 Å². The maximum Gasteiger partial charge on any atom is 0.227 e. The zero-order chi connectivity index (χ0) is 14.2. The molecule has 1 aliphatic rings. The summed E-state index contributed by atoms with van der Waals surface area (Å²) in [7, 11) is -3.12. The highest BCUT2D eigenvalue weighted by Crippen LogP contribution is 2.19. The van der Waals surface area contributed by atoms with Gasteiger partial charge in [0.1, 0.15) is 0 Å². The summed E-state index contributed by atoms with van der Waals surface area (Å²) in [5.41, 5.74) is 1.61. The number of amides is 1. The third kappa shape index (κ3) is 2.72. The lowest BCUT2D eigenvalue weighted by atomic mass is 10.1. The van der Waals surface area contributed by atoms with Crippen molar-refractivity contribution in [1.29, 1.82) is 0 Å². The van der Waals surface area contributed by atoms with Gasteiger partial charge in [0.05, 0.1) is 16.8 Å². The number of benzene rings is 1. The lowest BCUT2D eigenvalue weighted by Crippen LogP contribution is -2.18. The van der Waals surface area contributed by atoms with Crippen LogP contribution in [0.4, 0.5) is 5.95 Å². The average Bonchev–Trinajstić information content (AvgIpc) is 2.91. The fourth-order valence-corrected chi connectivity index (χ4v) is 3.60. The number of rotatable bonds is 3. The number of imidazole rings is 1. The second-order valence-corrected chi connectivity index (χ2v) is 6.70. The molecule has 20 heavy (non-hydrogen) atoms. The maximum atomic E-state index is 11.9. The highest BCUT2D eigenvalue weighted by molar-refractivity contribution is 7.94. The van der Waals surface area contributed by atoms with Crippen LogP contribution >= 0.6 is 0 Å². The van der Waals surface area contributed by atoms with E-state index in [0.717, 1.165) is 11.0 Å². The molecule has 1 amide bonds. The minimum Gasteiger partial charge on any atom is -0.324 e. The molecule has 104 valence electrons. The molecule has 6 nitrogen and oxygen atoms in total. The SMILES string of the molecule is O=C(CC1C=CS(=O)(=O)C1)Nc1nc2ccccc2[nH]1. The Hall–Kier alpha value is -2.15. The van der Waals surface area contributed by atoms with Gasteiger partial charge in [0, 0.05) is 17.7 Å². The second-order valence-electron chi connectivity index (χ2n) is 4.77. The van der Waals surface area contributed by atoms with Crippen LogP contribution in [0.15, 0.2) is 35.7 Å². The number of H-pyrrole nitrogens is 1. The predicted molar refractivity (Wildman–Crippen MR) is 75.8 cm³/mol. The summed E-state index contributed by atoms with van der Waals surface area (Å²) in [5.74, 6) is -0.137. The Labute approximate surface area is 115 Å². The highest BCUT2D eigenvalue weighted by atomic mass is 32.2. The first-order chi connectivity index (χ1) is 9.52. The van der Waals surface area contributed by atoms with Gasteiger partial charge in [0.15, 0.2) is 9.84 Å². The largest absolute Gasteiger partial charge is 0.324 e. The first kappa shape index (κ1) is 12.9. The first-order valence-electron chi connectivity index (χ1n) is 6.17. The van der Waals surface area contributed by atoms with Crippen LogP contribution in [0.3, 0.4) is 0 Å². The number of hydrogen-bond donors (Lipinski definition) is 2. The van der Waals surface area contributed by atoms with E-state index in [2.05, 4.69) is 15.3 Å². The average molecular weight is 291 g/mol. The molecule has 0 aliphatic carbocycles. The summed E-state index contributed by atoms with van der Waals surface area (Å²) in [4.78, 5) is 19.1. The standard InChI is InChI=1S/C13H13N3O3S/c17-12(7-9-5-6-20(18,19)8-9)16-13-14-10-3-1-2-4-11(10)15-13/h1-6,9H,7-8H2,(H2,14,15,16,17). The smallest absolute Gasteiger partial charge is 0.227 e. The number of nitrogens with zero attached hydrogens (tertiary/aromatic N) is 1. The quantitative estimate of drug-likeness (QED) is 0.895. The van der Waals surface area contributed by atoms with Crippen LogP contribution in [0, 0.1) is 5.92 Å². The van der Waals surface area contributed by atoms with Crippen molar-refractivity contribution < 1.29 is 13.2 Å². The molecule has 2 N–H and O–H groups in total. The summed E-state index contributed by atoms with van der Waals surface area (Å²) in [6.45, 7) is 0. The number of allylic oxidation sites excluding steroid dienone is 1. The van der Waals surface area contributed by atoms with Gasteiger partial charge in [-0.3, -0.25) is 10.1 Å². The van der Waals surface area contributed by atoms with Crippen molar-refractivity contribution >= 4 is 32.7 Å². The van der Waals surface area contributed by atoms with Crippen molar-refractivity contribution in [3.05, 3.63) is 35.7 Å². The zero-order valence-corrected chi connectivity index (χ0v) is 11.4. The molecule has 0 bridgehead atoms. The van der Waals surface area contributed by atoms with Crippen LogP contribution < -0.4 is 5.32 Å². The molecule has 1 unspecified atom stereocenters. The Morgan fingerprint density at radius 2 is 2.20 bits per heavy atom. The molecule has 2 aromatic rings. The molecule has 3 rings (SSSR count). The minimum atomic E-state index is -3.12. The third-order valence-electron chi connectivity index (χ3n) is 3.10. The van der Waals surface area contributed by atoms with Crippen LogP contribution in [0.25, 0.3) is 11.0 Å². The lowest BCUT2D eigenvalue weighted by Gasteiger charge is -2.05. The van der Waals surface area contributed by atoms with E-state index in [9.17, 15) is 13.2 Å². The number of para-hydroxylation sites is 2. The Kier molecular flexibility index (Phi) is 3.06. The van der Waals surface area contributed by atoms with Crippen LogP contribution in [0.2, 0.25) is 0 Å². The Morgan fingerprint density at radius 3 is 2.90 bits per heavy atom. The summed E-state index contributed by atoms with van der Waals surface area (Å²) < 4.78 is 22.5. The van der Waals surface area contributed by atoms with E-state index in [1.165, 1.54) is 5.41 Å². The van der Waals surface area contributed by atoms with Crippen LogP contribution in [-0.2, 0) is 14.6 Å².